The van der Waals surface area contributed by atoms with E-state index in [1.54, 1.807) is 6.07 Å². The van der Waals surface area contributed by atoms with Crippen LogP contribution in [0.2, 0.25) is 0 Å². The third-order valence-electron chi connectivity index (χ3n) is 2.75. The quantitative estimate of drug-likeness (QED) is 0.782. The Balaban J connectivity index is 2.12. The van der Waals surface area contributed by atoms with Gasteiger partial charge in [-0.15, -0.1) is 0 Å². The largest absolute Gasteiger partial charge is 0.481 e. The monoisotopic (exact) mass is 208 g/mol. The Hall–Kier alpha value is -1.65. The first kappa shape index (κ1) is 9.89. The smallest absolute Gasteiger partial charge is 0.303 e. The molecule has 0 radical (unpaired) electrons. The van der Waals surface area contributed by atoms with Crippen LogP contribution in [0.1, 0.15) is 19.3 Å². The van der Waals surface area contributed by atoms with Crippen molar-refractivity contribution in [2.75, 3.05) is 0 Å². The zero-order valence-electron chi connectivity index (χ0n) is 8.22. The molecule has 0 aromatic carbocycles. The SMILES string of the molecule is O=C(O)CC1(Cn2ncccc2=O)CC1. The summed E-state index contributed by atoms with van der Waals surface area (Å²) in [5.74, 6) is -0.809. The van der Waals surface area contributed by atoms with Crippen molar-refractivity contribution < 1.29 is 9.90 Å². The molecule has 1 saturated carbocycles. The van der Waals surface area contributed by atoms with Gasteiger partial charge in [0.15, 0.2) is 0 Å². The Morgan fingerprint density at radius 1 is 1.60 bits per heavy atom. The summed E-state index contributed by atoms with van der Waals surface area (Å²) in [5, 5.41) is 12.7. The van der Waals surface area contributed by atoms with E-state index in [0.717, 1.165) is 12.8 Å². The number of carboxylic acids is 1. The number of aliphatic carboxylic acids is 1. The standard InChI is InChI=1S/C10H12N2O3/c13-8-2-1-5-11-12(8)7-10(3-4-10)6-9(14)15/h1-2,5H,3-4,6-7H2,(H,14,15). The molecule has 5 nitrogen and oxygen atoms in total. The van der Waals surface area contributed by atoms with Crippen LogP contribution in [-0.2, 0) is 11.3 Å². The number of aromatic nitrogens is 2. The summed E-state index contributed by atoms with van der Waals surface area (Å²) in [6, 6.07) is 3.01. The lowest BCUT2D eigenvalue weighted by atomic mass is 10.0. The van der Waals surface area contributed by atoms with Crippen LogP contribution in [0, 0.1) is 5.41 Å². The van der Waals surface area contributed by atoms with Gasteiger partial charge in [-0.2, -0.15) is 5.10 Å². The van der Waals surface area contributed by atoms with Gasteiger partial charge in [-0.1, -0.05) is 0 Å². The molecule has 0 amide bonds. The van der Waals surface area contributed by atoms with Gasteiger partial charge in [0.1, 0.15) is 0 Å². The average Bonchev–Trinajstić information content (AvgIpc) is 2.88. The first-order chi connectivity index (χ1) is 7.11. The maximum absolute atomic E-state index is 11.4. The van der Waals surface area contributed by atoms with Crippen molar-refractivity contribution in [2.45, 2.75) is 25.8 Å². The Bertz CT molecular complexity index is 434. The van der Waals surface area contributed by atoms with Crippen LogP contribution in [-0.4, -0.2) is 20.9 Å². The molecule has 0 spiro atoms. The average molecular weight is 208 g/mol. The summed E-state index contributed by atoms with van der Waals surface area (Å²) in [5.41, 5.74) is -0.404. The Labute approximate surface area is 86.4 Å². The normalized spacial score (nSPS) is 17.3. The van der Waals surface area contributed by atoms with Gasteiger partial charge in [-0.05, 0) is 18.9 Å². The first-order valence-electron chi connectivity index (χ1n) is 4.85. The highest BCUT2D eigenvalue weighted by molar-refractivity contribution is 5.68. The summed E-state index contributed by atoms with van der Waals surface area (Å²) in [6.07, 6.45) is 3.39. The molecule has 5 heteroatoms. The van der Waals surface area contributed by atoms with Gasteiger partial charge >= 0.3 is 5.97 Å². The van der Waals surface area contributed by atoms with Crippen molar-refractivity contribution in [1.29, 1.82) is 0 Å². The van der Waals surface area contributed by atoms with Crippen LogP contribution < -0.4 is 5.56 Å². The van der Waals surface area contributed by atoms with Crippen molar-refractivity contribution in [3.8, 4) is 0 Å². The van der Waals surface area contributed by atoms with Crippen LogP contribution in [0.25, 0.3) is 0 Å². The number of rotatable bonds is 4. The minimum atomic E-state index is -0.809. The lowest BCUT2D eigenvalue weighted by molar-refractivity contribution is -0.138. The number of hydrogen-bond donors (Lipinski definition) is 1. The molecular formula is C10H12N2O3. The third kappa shape index (κ3) is 2.23. The van der Waals surface area contributed by atoms with Crippen LogP contribution in [0.15, 0.2) is 23.1 Å². The minimum Gasteiger partial charge on any atom is -0.481 e. The summed E-state index contributed by atoms with van der Waals surface area (Å²) in [4.78, 5) is 22.0. The summed E-state index contributed by atoms with van der Waals surface area (Å²) < 4.78 is 1.34. The van der Waals surface area contributed by atoms with Crippen molar-refractivity contribution >= 4 is 5.97 Å². The molecule has 1 heterocycles. The molecule has 15 heavy (non-hydrogen) atoms. The van der Waals surface area contributed by atoms with E-state index in [9.17, 15) is 9.59 Å². The molecule has 1 aromatic rings. The number of nitrogens with zero attached hydrogens (tertiary/aromatic N) is 2. The van der Waals surface area contributed by atoms with Crippen LogP contribution in [0.4, 0.5) is 0 Å². The second kappa shape index (κ2) is 3.49. The van der Waals surface area contributed by atoms with Crippen LogP contribution in [0.5, 0.6) is 0 Å². The maximum atomic E-state index is 11.4. The van der Waals surface area contributed by atoms with E-state index in [4.69, 9.17) is 5.11 Å². The molecule has 1 aliphatic rings. The Morgan fingerprint density at radius 3 is 2.87 bits per heavy atom. The summed E-state index contributed by atoms with van der Waals surface area (Å²) in [6.45, 7) is 0.416. The van der Waals surface area contributed by atoms with Gasteiger partial charge in [-0.3, -0.25) is 9.59 Å². The van der Waals surface area contributed by atoms with Gasteiger partial charge in [0.05, 0.1) is 13.0 Å². The first-order valence-corrected chi connectivity index (χ1v) is 4.85. The third-order valence-corrected chi connectivity index (χ3v) is 2.75. The molecule has 1 aliphatic carbocycles. The molecule has 2 rings (SSSR count). The van der Waals surface area contributed by atoms with E-state index in [1.165, 1.54) is 16.9 Å². The maximum Gasteiger partial charge on any atom is 0.303 e. The fraction of sp³-hybridized carbons (Fsp3) is 0.500. The van der Waals surface area contributed by atoms with E-state index in [2.05, 4.69) is 5.10 Å². The van der Waals surface area contributed by atoms with Crippen molar-refractivity contribution in [3.63, 3.8) is 0 Å². The number of carboxylic acid groups (broad SMARTS) is 1. The van der Waals surface area contributed by atoms with Gasteiger partial charge in [0, 0.05) is 17.7 Å². The van der Waals surface area contributed by atoms with Crippen molar-refractivity contribution in [2.24, 2.45) is 5.41 Å². The Kier molecular flexibility index (Phi) is 2.30. The highest BCUT2D eigenvalue weighted by Crippen LogP contribution is 2.49. The van der Waals surface area contributed by atoms with Crippen LogP contribution >= 0.6 is 0 Å². The zero-order valence-corrected chi connectivity index (χ0v) is 8.22. The second-order valence-electron chi connectivity index (χ2n) is 4.09. The summed E-state index contributed by atoms with van der Waals surface area (Å²) >= 11 is 0. The predicted molar refractivity (Wildman–Crippen MR) is 52.4 cm³/mol. The minimum absolute atomic E-state index is 0.121. The lowest BCUT2D eigenvalue weighted by Gasteiger charge is -2.12. The van der Waals surface area contributed by atoms with E-state index >= 15 is 0 Å². The molecule has 0 aliphatic heterocycles. The molecule has 0 unspecified atom stereocenters. The topological polar surface area (TPSA) is 72.2 Å². The van der Waals surface area contributed by atoms with E-state index in [1.807, 2.05) is 0 Å². The lowest BCUT2D eigenvalue weighted by Crippen LogP contribution is -2.27. The fourth-order valence-corrected chi connectivity index (χ4v) is 1.71. The Morgan fingerprint density at radius 2 is 2.33 bits per heavy atom. The highest BCUT2D eigenvalue weighted by Gasteiger charge is 2.45. The molecule has 0 atom stereocenters. The van der Waals surface area contributed by atoms with Gasteiger partial charge in [0.2, 0.25) is 0 Å². The second-order valence-corrected chi connectivity index (χ2v) is 4.09. The van der Waals surface area contributed by atoms with Gasteiger partial charge in [0.25, 0.3) is 5.56 Å². The molecule has 0 bridgehead atoms. The zero-order chi connectivity index (χ0) is 10.9. The van der Waals surface area contributed by atoms with E-state index < -0.39 is 5.97 Å². The highest BCUT2D eigenvalue weighted by atomic mass is 16.4. The van der Waals surface area contributed by atoms with Gasteiger partial charge in [-0.25, -0.2) is 4.68 Å². The molecule has 0 saturated heterocycles. The van der Waals surface area contributed by atoms with Crippen molar-refractivity contribution in [1.82, 2.24) is 9.78 Å². The van der Waals surface area contributed by atoms with Crippen LogP contribution in [0.3, 0.4) is 0 Å². The number of carbonyl (C=O) groups is 1. The predicted octanol–water partition coefficient (Wildman–Crippen LogP) is 0.498. The van der Waals surface area contributed by atoms with E-state index in [0.29, 0.717) is 6.54 Å². The van der Waals surface area contributed by atoms with Gasteiger partial charge < -0.3 is 5.11 Å². The summed E-state index contributed by atoms with van der Waals surface area (Å²) in [7, 11) is 0. The van der Waals surface area contributed by atoms with Crippen molar-refractivity contribution in [3.05, 3.63) is 28.7 Å². The van der Waals surface area contributed by atoms with E-state index in [-0.39, 0.29) is 17.4 Å². The molecule has 1 fully saturated rings. The fourth-order valence-electron chi connectivity index (χ4n) is 1.71. The molecular weight excluding hydrogens is 196 g/mol. The number of hydrogen-bond acceptors (Lipinski definition) is 3. The molecule has 1 aromatic heterocycles. The molecule has 80 valence electrons. The molecule has 1 N–H and O–H groups in total.